The molecule has 1 aliphatic rings. The van der Waals surface area contributed by atoms with Gasteiger partial charge in [0, 0.05) is 11.1 Å². The van der Waals surface area contributed by atoms with E-state index in [1.165, 1.54) is 0 Å². The minimum atomic E-state index is -0.425. The van der Waals surface area contributed by atoms with E-state index in [1.54, 1.807) is 6.92 Å². The van der Waals surface area contributed by atoms with Crippen LogP contribution in [-0.4, -0.2) is 10.7 Å². The molecule has 0 aliphatic carbocycles. The van der Waals surface area contributed by atoms with E-state index < -0.39 is 5.82 Å². The number of fused-ring (bicyclic) bond motifs is 1. The maximum Gasteiger partial charge on any atom is 0.171 e. The Morgan fingerprint density at radius 2 is 1.88 bits per heavy atom. The fraction of sp³-hybridized carbons (Fsp3) is 0.538. The molecule has 1 heterocycles. The molecule has 2 rings (SSSR count). The van der Waals surface area contributed by atoms with Gasteiger partial charge in [0.15, 0.2) is 11.6 Å². The van der Waals surface area contributed by atoms with Crippen molar-refractivity contribution in [2.75, 3.05) is 0 Å². The summed E-state index contributed by atoms with van der Waals surface area (Å²) in [7, 11) is 0. The molecule has 0 amide bonds. The summed E-state index contributed by atoms with van der Waals surface area (Å²) in [6.07, 6.45) is 1.59. The predicted molar refractivity (Wildman–Crippen MR) is 60.6 cm³/mol. The van der Waals surface area contributed by atoms with Crippen LogP contribution in [0.5, 0.6) is 11.5 Å². The molecular weight excluding hydrogens is 207 g/mol. The van der Waals surface area contributed by atoms with Crippen molar-refractivity contribution >= 4 is 0 Å². The molecule has 88 valence electrons. The number of hydrogen-bond acceptors (Lipinski definition) is 2. The van der Waals surface area contributed by atoms with Crippen molar-refractivity contribution in [2.45, 2.75) is 46.1 Å². The number of rotatable bonds is 0. The standard InChI is InChI=1S/C13H17FO2/c1-7-9-5-6-13(3,4)16-12(9)10(14)8(2)11(7)15/h15H,5-6H2,1-4H3. The molecule has 2 nitrogen and oxygen atoms in total. The number of benzene rings is 1. The fourth-order valence-electron chi connectivity index (χ4n) is 2.16. The molecule has 1 aromatic carbocycles. The summed E-state index contributed by atoms with van der Waals surface area (Å²) in [5, 5.41) is 9.78. The zero-order valence-corrected chi connectivity index (χ0v) is 10.1. The van der Waals surface area contributed by atoms with Gasteiger partial charge < -0.3 is 9.84 Å². The summed E-state index contributed by atoms with van der Waals surface area (Å²) < 4.78 is 19.7. The normalized spacial score (nSPS) is 17.8. The smallest absolute Gasteiger partial charge is 0.171 e. The molecule has 1 aromatic rings. The summed E-state index contributed by atoms with van der Waals surface area (Å²) in [6.45, 7) is 7.28. The highest BCUT2D eigenvalue weighted by Crippen LogP contribution is 2.42. The zero-order valence-electron chi connectivity index (χ0n) is 10.1. The largest absolute Gasteiger partial charge is 0.507 e. The van der Waals surface area contributed by atoms with Crippen LogP contribution in [0.1, 0.15) is 37.0 Å². The molecule has 3 heteroatoms. The highest BCUT2D eigenvalue weighted by molar-refractivity contribution is 5.54. The first kappa shape index (κ1) is 11.2. The van der Waals surface area contributed by atoms with Gasteiger partial charge in [-0.15, -0.1) is 0 Å². The van der Waals surface area contributed by atoms with Crippen LogP contribution in [0, 0.1) is 19.7 Å². The molecule has 0 bridgehead atoms. The minimum absolute atomic E-state index is 0.0551. The Bertz CT molecular complexity index is 450. The van der Waals surface area contributed by atoms with Crippen LogP contribution >= 0.6 is 0 Å². The van der Waals surface area contributed by atoms with Gasteiger partial charge in [-0.2, -0.15) is 0 Å². The Hall–Kier alpha value is -1.25. The van der Waals surface area contributed by atoms with Crippen molar-refractivity contribution in [3.05, 3.63) is 22.5 Å². The Morgan fingerprint density at radius 3 is 2.50 bits per heavy atom. The van der Waals surface area contributed by atoms with Crippen molar-refractivity contribution < 1.29 is 14.2 Å². The van der Waals surface area contributed by atoms with Crippen LogP contribution in [0.4, 0.5) is 4.39 Å². The van der Waals surface area contributed by atoms with Crippen LogP contribution in [0.3, 0.4) is 0 Å². The summed E-state index contributed by atoms with van der Waals surface area (Å²) >= 11 is 0. The van der Waals surface area contributed by atoms with Gasteiger partial charge in [-0.1, -0.05) is 0 Å². The van der Waals surface area contributed by atoms with Crippen molar-refractivity contribution in [3.8, 4) is 11.5 Å². The lowest BCUT2D eigenvalue weighted by Crippen LogP contribution is -2.33. The number of phenols is 1. The zero-order chi connectivity index (χ0) is 12.1. The molecule has 1 aliphatic heterocycles. The monoisotopic (exact) mass is 224 g/mol. The highest BCUT2D eigenvalue weighted by Gasteiger charge is 2.31. The molecule has 0 atom stereocenters. The molecule has 0 saturated carbocycles. The van der Waals surface area contributed by atoms with E-state index in [1.807, 2.05) is 20.8 Å². The quantitative estimate of drug-likeness (QED) is 0.733. The summed E-state index contributed by atoms with van der Waals surface area (Å²) in [5.41, 5.74) is 1.49. The molecule has 0 aromatic heterocycles. The van der Waals surface area contributed by atoms with Gasteiger partial charge in [0.1, 0.15) is 11.4 Å². The SMILES string of the molecule is Cc1c(O)c(C)c2c(c1F)OC(C)(C)CC2. The van der Waals surface area contributed by atoms with Gasteiger partial charge in [-0.05, 0) is 46.1 Å². The summed E-state index contributed by atoms with van der Waals surface area (Å²) in [6, 6.07) is 0. The first-order valence-electron chi connectivity index (χ1n) is 5.53. The first-order chi connectivity index (χ1) is 7.33. The van der Waals surface area contributed by atoms with Crippen LogP contribution in [0.15, 0.2) is 0 Å². The number of ether oxygens (including phenoxy) is 1. The molecule has 0 saturated heterocycles. The second kappa shape index (κ2) is 3.37. The van der Waals surface area contributed by atoms with Crippen molar-refractivity contribution in [3.63, 3.8) is 0 Å². The third kappa shape index (κ3) is 1.55. The van der Waals surface area contributed by atoms with Gasteiger partial charge in [-0.3, -0.25) is 0 Å². The first-order valence-corrected chi connectivity index (χ1v) is 5.53. The maximum atomic E-state index is 14.0. The van der Waals surface area contributed by atoms with E-state index in [0.717, 1.165) is 24.0 Å². The Morgan fingerprint density at radius 1 is 1.25 bits per heavy atom. The number of halogens is 1. The topological polar surface area (TPSA) is 29.5 Å². The van der Waals surface area contributed by atoms with Crippen molar-refractivity contribution in [1.82, 2.24) is 0 Å². The van der Waals surface area contributed by atoms with Gasteiger partial charge in [0.2, 0.25) is 0 Å². The van der Waals surface area contributed by atoms with Crippen LogP contribution < -0.4 is 4.74 Å². The van der Waals surface area contributed by atoms with Gasteiger partial charge in [0.25, 0.3) is 0 Å². The van der Waals surface area contributed by atoms with Gasteiger partial charge >= 0.3 is 0 Å². The molecule has 0 radical (unpaired) electrons. The highest BCUT2D eigenvalue weighted by atomic mass is 19.1. The van der Waals surface area contributed by atoms with Gasteiger partial charge in [-0.25, -0.2) is 4.39 Å². The average molecular weight is 224 g/mol. The van der Waals surface area contributed by atoms with Crippen molar-refractivity contribution in [1.29, 1.82) is 0 Å². The molecule has 0 unspecified atom stereocenters. The summed E-state index contributed by atoms with van der Waals surface area (Å²) in [4.78, 5) is 0. The summed E-state index contributed by atoms with van der Waals surface area (Å²) in [5.74, 6) is -0.0468. The third-order valence-electron chi connectivity index (χ3n) is 3.32. The van der Waals surface area contributed by atoms with E-state index in [0.29, 0.717) is 5.75 Å². The molecule has 16 heavy (non-hydrogen) atoms. The lowest BCUT2D eigenvalue weighted by molar-refractivity contribution is 0.0782. The van der Waals surface area contributed by atoms with E-state index in [4.69, 9.17) is 4.74 Å². The molecule has 0 spiro atoms. The van der Waals surface area contributed by atoms with Crippen LogP contribution in [0.25, 0.3) is 0 Å². The van der Waals surface area contributed by atoms with Crippen molar-refractivity contribution in [2.24, 2.45) is 0 Å². The van der Waals surface area contributed by atoms with E-state index in [9.17, 15) is 9.50 Å². The lowest BCUT2D eigenvalue weighted by atomic mass is 9.90. The Balaban J connectivity index is 2.65. The second-order valence-electron chi connectivity index (χ2n) is 5.08. The Labute approximate surface area is 95.1 Å². The van der Waals surface area contributed by atoms with E-state index in [-0.39, 0.29) is 16.9 Å². The molecule has 1 N–H and O–H groups in total. The predicted octanol–water partition coefficient (Wildman–Crippen LogP) is 3.25. The average Bonchev–Trinajstić information content (AvgIpc) is 2.22. The number of phenolic OH excluding ortho intramolecular Hbond substituents is 1. The molecule has 0 fully saturated rings. The Kier molecular flexibility index (Phi) is 2.37. The lowest BCUT2D eigenvalue weighted by Gasteiger charge is -2.34. The van der Waals surface area contributed by atoms with Crippen LogP contribution in [0.2, 0.25) is 0 Å². The minimum Gasteiger partial charge on any atom is -0.507 e. The second-order valence-corrected chi connectivity index (χ2v) is 5.08. The van der Waals surface area contributed by atoms with Gasteiger partial charge in [0.05, 0.1) is 0 Å². The fourth-order valence-corrected chi connectivity index (χ4v) is 2.16. The number of hydrogen-bond donors (Lipinski definition) is 1. The maximum absolute atomic E-state index is 14.0. The van der Waals surface area contributed by atoms with E-state index in [2.05, 4.69) is 0 Å². The van der Waals surface area contributed by atoms with Crippen LogP contribution in [-0.2, 0) is 6.42 Å². The number of aromatic hydroxyl groups is 1. The third-order valence-corrected chi connectivity index (χ3v) is 3.32. The van der Waals surface area contributed by atoms with E-state index >= 15 is 0 Å². The molecular formula is C13H17FO2.